The zero-order valence-electron chi connectivity index (χ0n) is 8.72. The number of nitrogens with zero attached hydrogens (tertiary/aromatic N) is 2. The van der Waals surface area contributed by atoms with Gasteiger partial charge in [0, 0.05) is 11.1 Å². The van der Waals surface area contributed by atoms with Gasteiger partial charge in [-0.15, -0.1) is 0 Å². The van der Waals surface area contributed by atoms with Crippen LogP contribution >= 0.6 is 11.8 Å². The van der Waals surface area contributed by atoms with Crippen LogP contribution in [0.5, 0.6) is 0 Å². The van der Waals surface area contributed by atoms with E-state index in [0.29, 0.717) is 15.6 Å². The van der Waals surface area contributed by atoms with Crippen molar-refractivity contribution in [2.75, 3.05) is 5.73 Å². The maximum atomic E-state index is 13.4. The molecule has 0 aliphatic rings. The molecule has 0 bridgehead atoms. The molecule has 1 aromatic heterocycles. The lowest BCUT2D eigenvalue weighted by atomic mass is 10.2. The van der Waals surface area contributed by atoms with Gasteiger partial charge in [0.1, 0.15) is 22.5 Å². The monoisotopic (exact) mass is 245 g/mol. The molecular weight excluding hydrogens is 237 g/mol. The van der Waals surface area contributed by atoms with E-state index in [1.165, 1.54) is 17.8 Å². The maximum Gasteiger partial charge on any atom is 0.142 e. The minimum absolute atomic E-state index is 0.0163. The van der Waals surface area contributed by atoms with E-state index in [1.54, 1.807) is 30.5 Å². The third kappa shape index (κ3) is 2.37. The number of rotatable bonds is 2. The Morgan fingerprint density at radius 3 is 2.82 bits per heavy atom. The van der Waals surface area contributed by atoms with Gasteiger partial charge in [-0.25, -0.2) is 9.37 Å². The van der Waals surface area contributed by atoms with Crippen molar-refractivity contribution in [1.82, 2.24) is 4.98 Å². The summed E-state index contributed by atoms with van der Waals surface area (Å²) in [4.78, 5) is 4.60. The molecule has 2 N–H and O–H groups in total. The lowest BCUT2D eigenvalue weighted by molar-refractivity contribution is 0.620. The Labute approximate surface area is 102 Å². The molecule has 0 saturated heterocycles. The summed E-state index contributed by atoms with van der Waals surface area (Å²) in [6.45, 7) is 0. The number of benzene rings is 1. The highest BCUT2D eigenvalue weighted by Gasteiger charge is 2.10. The molecule has 5 heteroatoms. The number of nitriles is 1. The fourth-order valence-corrected chi connectivity index (χ4v) is 2.19. The first kappa shape index (κ1) is 11.4. The molecule has 0 spiro atoms. The van der Waals surface area contributed by atoms with E-state index in [9.17, 15) is 4.39 Å². The minimum atomic E-state index is -0.535. The van der Waals surface area contributed by atoms with Crippen LogP contribution < -0.4 is 5.73 Å². The van der Waals surface area contributed by atoms with Crippen molar-refractivity contribution in [1.29, 1.82) is 5.26 Å². The van der Waals surface area contributed by atoms with E-state index in [0.717, 1.165) is 0 Å². The molecule has 2 rings (SSSR count). The Balaban J connectivity index is 2.41. The summed E-state index contributed by atoms with van der Waals surface area (Å²) in [5, 5.41) is 9.46. The van der Waals surface area contributed by atoms with Crippen molar-refractivity contribution in [3.63, 3.8) is 0 Å². The van der Waals surface area contributed by atoms with Gasteiger partial charge < -0.3 is 5.73 Å². The molecule has 0 saturated carbocycles. The SMILES string of the molecule is N#Cc1c(F)cccc1Sc1ncccc1N. The van der Waals surface area contributed by atoms with Crippen molar-refractivity contribution in [3.05, 3.63) is 47.9 Å². The molecule has 84 valence electrons. The molecule has 3 nitrogen and oxygen atoms in total. The smallest absolute Gasteiger partial charge is 0.142 e. The summed E-state index contributed by atoms with van der Waals surface area (Å²) in [7, 11) is 0. The van der Waals surface area contributed by atoms with E-state index >= 15 is 0 Å². The van der Waals surface area contributed by atoms with Gasteiger partial charge in [0.15, 0.2) is 0 Å². The number of aromatic nitrogens is 1. The largest absolute Gasteiger partial charge is 0.397 e. The second kappa shape index (κ2) is 4.85. The molecule has 0 radical (unpaired) electrons. The summed E-state index contributed by atoms with van der Waals surface area (Å²) in [5.74, 6) is -0.535. The highest BCUT2D eigenvalue weighted by molar-refractivity contribution is 7.99. The average Bonchev–Trinajstić information content (AvgIpc) is 2.32. The first-order chi connectivity index (χ1) is 8.22. The quantitative estimate of drug-likeness (QED) is 0.883. The van der Waals surface area contributed by atoms with Crippen molar-refractivity contribution in [2.45, 2.75) is 9.92 Å². The second-order valence-corrected chi connectivity index (χ2v) is 4.26. The van der Waals surface area contributed by atoms with Crippen LogP contribution in [0.15, 0.2) is 46.5 Å². The number of hydrogen-bond acceptors (Lipinski definition) is 4. The van der Waals surface area contributed by atoms with E-state index in [-0.39, 0.29) is 5.56 Å². The number of nitrogen functional groups attached to an aromatic ring is 1. The van der Waals surface area contributed by atoms with Gasteiger partial charge in [-0.05, 0) is 24.3 Å². The molecule has 1 aromatic carbocycles. The maximum absolute atomic E-state index is 13.4. The molecule has 17 heavy (non-hydrogen) atoms. The number of halogens is 1. The minimum Gasteiger partial charge on any atom is -0.397 e. The van der Waals surface area contributed by atoms with Gasteiger partial charge in [-0.3, -0.25) is 0 Å². The zero-order chi connectivity index (χ0) is 12.3. The van der Waals surface area contributed by atoms with Crippen LogP contribution in [0.1, 0.15) is 5.56 Å². The third-order valence-corrected chi connectivity index (χ3v) is 3.19. The number of nitrogens with two attached hydrogens (primary N) is 1. The summed E-state index contributed by atoms with van der Waals surface area (Å²) < 4.78 is 13.4. The van der Waals surface area contributed by atoms with Gasteiger partial charge in [-0.1, -0.05) is 17.8 Å². The zero-order valence-corrected chi connectivity index (χ0v) is 9.54. The number of hydrogen-bond donors (Lipinski definition) is 1. The van der Waals surface area contributed by atoms with Crippen LogP contribution in [0.4, 0.5) is 10.1 Å². The van der Waals surface area contributed by atoms with Gasteiger partial charge >= 0.3 is 0 Å². The molecule has 0 atom stereocenters. The van der Waals surface area contributed by atoms with E-state index in [4.69, 9.17) is 11.0 Å². The molecular formula is C12H8FN3S. The standard InChI is InChI=1S/C12H8FN3S/c13-9-3-1-5-11(8(9)7-14)17-12-10(15)4-2-6-16-12/h1-6H,15H2. The molecule has 0 aliphatic heterocycles. The van der Waals surface area contributed by atoms with Crippen LogP contribution in [0.3, 0.4) is 0 Å². The van der Waals surface area contributed by atoms with Gasteiger partial charge in [0.05, 0.1) is 5.69 Å². The van der Waals surface area contributed by atoms with Crippen molar-refractivity contribution in [2.24, 2.45) is 0 Å². The molecule has 1 heterocycles. The molecule has 0 aliphatic carbocycles. The average molecular weight is 245 g/mol. The molecule has 2 aromatic rings. The van der Waals surface area contributed by atoms with Crippen molar-refractivity contribution in [3.8, 4) is 6.07 Å². The van der Waals surface area contributed by atoms with Gasteiger partial charge in [0.2, 0.25) is 0 Å². The van der Waals surface area contributed by atoms with Gasteiger partial charge in [0.25, 0.3) is 0 Å². The highest BCUT2D eigenvalue weighted by atomic mass is 32.2. The van der Waals surface area contributed by atoms with E-state index in [2.05, 4.69) is 4.98 Å². The lowest BCUT2D eigenvalue weighted by Gasteiger charge is -2.05. The van der Waals surface area contributed by atoms with Crippen LogP contribution in [0.25, 0.3) is 0 Å². The van der Waals surface area contributed by atoms with Crippen LogP contribution in [0, 0.1) is 17.1 Å². The van der Waals surface area contributed by atoms with E-state index in [1.807, 2.05) is 6.07 Å². The van der Waals surface area contributed by atoms with Gasteiger partial charge in [-0.2, -0.15) is 5.26 Å². The Morgan fingerprint density at radius 2 is 2.12 bits per heavy atom. The second-order valence-electron chi connectivity index (χ2n) is 3.22. The highest BCUT2D eigenvalue weighted by Crippen LogP contribution is 2.32. The number of pyridine rings is 1. The predicted molar refractivity (Wildman–Crippen MR) is 63.9 cm³/mol. The fraction of sp³-hybridized carbons (Fsp3) is 0. The van der Waals surface area contributed by atoms with Crippen LogP contribution in [0.2, 0.25) is 0 Å². The van der Waals surface area contributed by atoms with Crippen molar-refractivity contribution < 1.29 is 4.39 Å². The Hall–Kier alpha value is -2.06. The topological polar surface area (TPSA) is 62.7 Å². The normalized spacial score (nSPS) is 9.88. The lowest BCUT2D eigenvalue weighted by Crippen LogP contribution is -1.92. The molecule has 0 fully saturated rings. The number of anilines is 1. The Morgan fingerprint density at radius 1 is 1.29 bits per heavy atom. The predicted octanol–water partition coefficient (Wildman–Crippen LogP) is 2.83. The summed E-state index contributed by atoms with van der Waals surface area (Å²) in [6.07, 6.45) is 1.60. The van der Waals surface area contributed by atoms with Crippen molar-refractivity contribution >= 4 is 17.4 Å². The van der Waals surface area contributed by atoms with E-state index < -0.39 is 5.82 Å². The third-order valence-electron chi connectivity index (χ3n) is 2.09. The summed E-state index contributed by atoms with van der Waals surface area (Å²) >= 11 is 1.18. The Bertz CT molecular complexity index is 593. The first-order valence-electron chi connectivity index (χ1n) is 4.79. The van der Waals surface area contributed by atoms with Crippen LogP contribution in [-0.4, -0.2) is 4.98 Å². The Kier molecular flexibility index (Phi) is 3.26. The summed E-state index contributed by atoms with van der Waals surface area (Å²) in [5.41, 5.74) is 6.26. The first-order valence-corrected chi connectivity index (χ1v) is 5.61. The molecule has 0 unspecified atom stereocenters. The van der Waals surface area contributed by atoms with Crippen LogP contribution in [-0.2, 0) is 0 Å². The summed E-state index contributed by atoms with van der Waals surface area (Å²) in [6, 6.07) is 9.74. The molecule has 0 amide bonds. The fourth-order valence-electron chi connectivity index (χ4n) is 1.29.